The summed E-state index contributed by atoms with van der Waals surface area (Å²) < 4.78 is 31.6. The number of ether oxygens (including phenoxy) is 5. The molecule has 1 N–H and O–H groups in total. The Bertz CT molecular complexity index is 1820. The number of para-hydroxylation sites is 1. The van der Waals surface area contributed by atoms with E-state index in [4.69, 9.17) is 28.7 Å². The zero-order valence-corrected chi connectivity index (χ0v) is 35.5. The lowest BCUT2D eigenvalue weighted by Crippen LogP contribution is -2.60. The lowest BCUT2D eigenvalue weighted by Gasteiger charge is -2.47. The largest absolute Gasteiger partial charge is 0.458 e. The molecule has 1 aromatic heterocycles. The summed E-state index contributed by atoms with van der Waals surface area (Å²) in [5.41, 5.74) is 0.546. The SMILES string of the molecule is CO[C@@]1(C)C[C@@H](C)C2=NCN(CCCc3ccnc4ccccc34)N3C(=O)O[C@](C)([C@H](C)OC(=O)C(C)C(=O)[C@H](C)[C@H]1O[C@@H]1O[C@H](C)C[C@H](N(C)C)[C@H]1O)[C@H]3[C@@H]2C. The molecule has 4 aliphatic heterocycles. The summed E-state index contributed by atoms with van der Waals surface area (Å²) in [4.78, 5) is 54.0. The zero-order chi connectivity index (χ0) is 41.6. The molecule has 1 aromatic carbocycles. The number of aromatic nitrogens is 1. The summed E-state index contributed by atoms with van der Waals surface area (Å²) in [5.74, 6) is -3.76. The monoisotopic (exact) mass is 793 g/mol. The fourth-order valence-corrected chi connectivity index (χ4v) is 9.79. The van der Waals surface area contributed by atoms with Gasteiger partial charge in [-0.1, -0.05) is 39.0 Å². The highest BCUT2D eigenvalue weighted by atomic mass is 16.7. The Balaban J connectivity index is 1.37. The van der Waals surface area contributed by atoms with Crippen molar-refractivity contribution in [3.8, 4) is 0 Å². The number of esters is 1. The van der Waals surface area contributed by atoms with E-state index in [1.54, 1.807) is 32.9 Å². The number of carbonyl (C=O) groups is 3. The van der Waals surface area contributed by atoms with E-state index in [1.165, 1.54) is 12.5 Å². The van der Waals surface area contributed by atoms with E-state index in [1.807, 2.05) is 75.2 Å². The van der Waals surface area contributed by atoms with E-state index in [2.05, 4.69) is 18.0 Å². The highest BCUT2D eigenvalue weighted by Crippen LogP contribution is 2.44. The summed E-state index contributed by atoms with van der Waals surface area (Å²) in [6.45, 7) is 15.4. The number of hydrogen-bond donors (Lipinski definition) is 1. The molecule has 314 valence electrons. The molecule has 3 fully saturated rings. The molecule has 5 heterocycles. The van der Waals surface area contributed by atoms with Crippen molar-refractivity contribution in [2.45, 2.75) is 135 Å². The number of ketones is 1. The van der Waals surface area contributed by atoms with Crippen molar-refractivity contribution in [3.05, 3.63) is 42.1 Å². The Morgan fingerprint density at radius 2 is 1.74 bits per heavy atom. The maximum atomic E-state index is 14.3. The number of fused-ring (bicyclic) bond motifs is 2. The fraction of sp³-hybridized carbons (Fsp3) is 0.698. The summed E-state index contributed by atoms with van der Waals surface area (Å²) in [7, 11) is 5.39. The smallest absolute Gasteiger partial charge is 0.425 e. The van der Waals surface area contributed by atoms with Crippen LogP contribution >= 0.6 is 0 Å². The molecule has 6 rings (SSSR count). The molecule has 0 spiro atoms. The van der Waals surface area contributed by atoms with Crippen LogP contribution in [0.5, 0.6) is 0 Å². The minimum atomic E-state index is -1.28. The van der Waals surface area contributed by atoms with Gasteiger partial charge in [-0.15, -0.1) is 0 Å². The van der Waals surface area contributed by atoms with Crippen molar-refractivity contribution in [1.29, 1.82) is 0 Å². The van der Waals surface area contributed by atoms with Gasteiger partial charge in [-0.3, -0.25) is 19.6 Å². The second kappa shape index (κ2) is 17.0. The van der Waals surface area contributed by atoms with Gasteiger partial charge < -0.3 is 33.7 Å². The first-order valence-electron chi connectivity index (χ1n) is 20.5. The lowest BCUT2D eigenvalue weighted by atomic mass is 9.73. The molecule has 0 aliphatic carbocycles. The van der Waals surface area contributed by atoms with Crippen molar-refractivity contribution in [3.63, 3.8) is 0 Å². The lowest BCUT2D eigenvalue weighted by molar-refractivity contribution is -0.295. The number of aliphatic hydroxyl groups is 1. The van der Waals surface area contributed by atoms with Crippen molar-refractivity contribution in [2.24, 2.45) is 28.7 Å². The molecule has 0 radical (unpaired) electrons. The van der Waals surface area contributed by atoms with E-state index in [9.17, 15) is 19.5 Å². The summed E-state index contributed by atoms with van der Waals surface area (Å²) in [6.07, 6.45) is -0.406. The number of Topliss-reactive ketones (excluding diaryl/α,β-unsaturated/α-hetero) is 1. The van der Waals surface area contributed by atoms with Crippen LogP contribution in [0, 0.1) is 23.7 Å². The number of hydrogen-bond acceptors (Lipinski definition) is 13. The molecule has 13 atom stereocenters. The van der Waals surface area contributed by atoms with Gasteiger partial charge in [0.05, 0.1) is 23.3 Å². The molecule has 2 aromatic rings. The molecule has 4 aliphatic rings. The first-order valence-corrected chi connectivity index (χ1v) is 20.5. The van der Waals surface area contributed by atoms with Gasteiger partial charge in [0, 0.05) is 48.8 Å². The third kappa shape index (κ3) is 8.23. The van der Waals surface area contributed by atoms with Crippen LogP contribution in [0.15, 0.2) is 41.5 Å². The van der Waals surface area contributed by atoms with Gasteiger partial charge in [0.25, 0.3) is 0 Å². The van der Waals surface area contributed by atoms with Crippen molar-refractivity contribution in [2.75, 3.05) is 34.4 Å². The number of benzene rings is 1. The molecule has 2 bridgehead atoms. The number of amides is 1. The van der Waals surface area contributed by atoms with E-state index >= 15 is 0 Å². The van der Waals surface area contributed by atoms with E-state index in [0.29, 0.717) is 19.4 Å². The molecule has 1 amide bonds. The minimum absolute atomic E-state index is 0.207. The Kier molecular flexibility index (Phi) is 12.8. The van der Waals surface area contributed by atoms with Crippen LogP contribution in [0.4, 0.5) is 4.79 Å². The highest BCUT2D eigenvalue weighted by molar-refractivity contribution is 6.00. The molecular formula is C43H63N5O9. The Hall–Kier alpha value is -3.53. The first-order chi connectivity index (χ1) is 26.9. The highest BCUT2D eigenvalue weighted by Gasteiger charge is 2.61. The molecule has 14 nitrogen and oxygen atoms in total. The standard InChI is InChI=1S/C43H63N5O9/c1-24-22-42(7,53-11)38(56-40-36(50)33(46(9)10)21-25(2)54-40)27(4)35(49)28(5)39(51)55-29(6)43(8)37-26(3)34(24)45-23-47(48(37)41(52)57-43)20-14-15-30-18-19-44-32-17-13-12-16-31(30)32/h12-13,16-19,24-29,33,36-38,40,50H,14-15,20-23H2,1-11H3/t24-,25-,26-,27+,28?,29+,33+,36-,37-,38-,40+,42+,43-/m1/s1. The summed E-state index contributed by atoms with van der Waals surface area (Å²) >= 11 is 0. The third-order valence-corrected chi connectivity index (χ3v) is 13.2. The maximum absolute atomic E-state index is 14.3. The second-order valence-electron chi connectivity index (χ2n) is 17.4. The number of aliphatic hydroxyl groups excluding tert-OH is 1. The van der Waals surface area contributed by atoms with Crippen LogP contribution in [-0.4, -0.2) is 137 Å². The molecule has 14 heteroatoms. The first kappa shape index (κ1) is 43.1. The Morgan fingerprint density at radius 3 is 2.44 bits per heavy atom. The second-order valence-corrected chi connectivity index (χ2v) is 17.4. The predicted octanol–water partition coefficient (Wildman–Crippen LogP) is 5.04. The quantitative estimate of drug-likeness (QED) is 0.282. The predicted molar refractivity (Wildman–Crippen MR) is 214 cm³/mol. The Labute approximate surface area is 337 Å². The van der Waals surface area contributed by atoms with Crippen LogP contribution in [0.2, 0.25) is 0 Å². The number of cyclic esters (lactones) is 1. The average Bonchev–Trinajstić information content (AvgIpc) is 3.35. The van der Waals surface area contributed by atoms with Crippen LogP contribution in [0.25, 0.3) is 10.9 Å². The topological polar surface area (TPSA) is 153 Å². The van der Waals surface area contributed by atoms with Gasteiger partial charge in [0.15, 0.2) is 17.7 Å². The molecular weight excluding hydrogens is 730 g/mol. The molecule has 0 saturated carbocycles. The van der Waals surface area contributed by atoms with Gasteiger partial charge >= 0.3 is 12.1 Å². The van der Waals surface area contributed by atoms with Crippen molar-refractivity contribution >= 4 is 34.5 Å². The minimum Gasteiger partial charge on any atom is -0.458 e. The maximum Gasteiger partial charge on any atom is 0.425 e. The van der Waals surface area contributed by atoms with E-state index in [0.717, 1.165) is 29.5 Å². The average molecular weight is 794 g/mol. The van der Waals surface area contributed by atoms with Crippen LogP contribution < -0.4 is 0 Å². The van der Waals surface area contributed by atoms with Gasteiger partial charge in [0.2, 0.25) is 0 Å². The zero-order valence-electron chi connectivity index (χ0n) is 35.5. The number of aliphatic imine (C=N–C) groups is 1. The number of aryl methyl sites for hydroxylation is 1. The van der Waals surface area contributed by atoms with Gasteiger partial charge in [0.1, 0.15) is 30.8 Å². The van der Waals surface area contributed by atoms with Gasteiger partial charge in [-0.25, -0.2) is 9.80 Å². The van der Waals surface area contributed by atoms with Crippen LogP contribution in [-0.2, 0) is 39.7 Å². The molecule has 1 unspecified atom stereocenters. The van der Waals surface area contributed by atoms with E-state index < -0.39 is 71.5 Å². The molecule has 3 saturated heterocycles. The number of pyridine rings is 1. The summed E-state index contributed by atoms with van der Waals surface area (Å²) in [5, 5.41) is 16.2. The molecule has 57 heavy (non-hydrogen) atoms. The fourth-order valence-electron chi connectivity index (χ4n) is 9.79. The Morgan fingerprint density at radius 1 is 1.02 bits per heavy atom. The number of likely N-dealkylation sites (N-methyl/N-ethyl adjacent to an activating group) is 1. The normalized spacial score (nSPS) is 38.4. The summed E-state index contributed by atoms with van der Waals surface area (Å²) in [6, 6.07) is 9.26. The number of hydrazine groups is 1. The van der Waals surface area contributed by atoms with Gasteiger partial charge in [-0.2, -0.15) is 5.01 Å². The van der Waals surface area contributed by atoms with Crippen LogP contribution in [0.1, 0.15) is 80.2 Å². The van der Waals surface area contributed by atoms with Crippen molar-refractivity contribution in [1.82, 2.24) is 19.9 Å². The number of rotatable bonds is 8. The third-order valence-electron chi connectivity index (χ3n) is 13.2. The van der Waals surface area contributed by atoms with Crippen molar-refractivity contribution < 1.29 is 43.2 Å². The van der Waals surface area contributed by atoms with E-state index in [-0.39, 0.29) is 30.7 Å². The number of methoxy groups -OCH3 is 1. The number of nitrogens with zero attached hydrogens (tertiary/aromatic N) is 5. The number of carbonyl (C=O) groups excluding carboxylic acids is 3. The van der Waals surface area contributed by atoms with Gasteiger partial charge in [-0.05, 0) is 98.0 Å². The van der Waals surface area contributed by atoms with Crippen LogP contribution in [0.3, 0.4) is 0 Å².